The van der Waals surface area contributed by atoms with E-state index in [4.69, 9.17) is 4.42 Å². The highest BCUT2D eigenvalue weighted by Gasteiger charge is 2.36. The summed E-state index contributed by atoms with van der Waals surface area (Å²) in [5.74, 6) is 0.440. The number of hydrogen-bond donors (Lipinski definition) is 1. The van der Waals surface area contributed by atoms with Gasteiger partial charge in [0.05, 0.1) is 19.2 Å². The smallest absolute Gasteiger partial charge is 0.341 e. The second-order valence-corrected chi connectivity index (χ2v) is 5.31. The average molecular weight is 264 g/mol. The van der Waals surface area contributed by atoms with Gasteiger partial charge in [0, 0.05) is 18.6 Å². The first kappa shape index (κ1) is 12.7. The van der Waals surface area contributed by atoms with Gasteiger partial charge >= 0.3 is 5.97 Å². The molecule has 0 amide bonds. The minimum atomic E-state index is -0.349. The van der Waals surface area contributed by atoms with Gasteiger partial charge in [-0.25, -0.2) is 4.79 Å². The van der Waals surface area contributed by atoms with Crippen molar-refractivity contribution in [2.24, 2.45) is 0 Å². The van der Waals surface area contributed by atoms with Crippen molar-refractivity contribution in [3.63, 3.8) is 0 Å². The van der Waals surface area contributed by atoms with Crippen molar-refractivity contribution in [3.8, 4) is 0 Å². The van der Waals surface area contributed by atoms with Crippen LogP contribution in [0.25, 0.3) is 0 Å². The fourth-order valence-electron chi connectivity index (χ4n) is 3.25. The van der Waals surface area contributed by atoms with E-state index in [0.717, 1.165) is 5.76 Å². The predicted octanol–water partition coefficient (Wildman–Crippen LogP) is 1.39. The molecular formula is C14H20N2O3. The third-order valence-corrected chi connectivity index (χ3v) is 4.22. The molecule has 2 aliphatic rings. The fraction of sp³-hybridized carbons (Fsp3) is 0.643. The highest BCUT2D eigenvalue weighted by molar-refractivity contribution is 5.88. The molecule has 5 nitrogen and oxygen atoms in total. The zero-order chi connectivity index (χ0) is 13.2. The summed E-state index contributed by atoms with van der Waals surface area (Å²) < 4.78 is 10.0. The van der Waals surface area contributed by atoms with Crippen LogP contribution in [0.1, 0.15) is 35.4 Å². The molecule has 0 radical (unpaired) electrons. The molecule has 104 valence electrons. The maximum atomic E-state index is 11.3. The Morgan fingerprint density at radius 1 is 1.53 bits per heavy atom. The topological polar surface area (TPSA) is 54.7 Å². The molecule has 0 saturated carbocycles. The lowest BCUT2D eigenvalue weighted by Gasteiger charge is -2.20. The number of hydrogen-bond acceptors (Lipinski definition) is 5. The van der Waals surface area contributed by atoms with Crippen LogP contribution < -0.4 is 5.32 Å². The molecule has 2 atom stereocenters. The van der Waals surface area contributed by atoms with E-state index in [2.05, 4.69) is 15.0 Å². The molecule has 2 fully saturated rings. The Morgan fingerprint density at radius 2 is 2.42 bits per heavy atom. The molecule has 5 heteroatoms. The van der Waals surface area contributed by atoms with Crippen molar-refractivity contribution in [1.29, 1.82) is 0 Å². The number of ether oxygens (including phenoxy) is 1. The van der Waals surface area contributed by atoms with Gasteiger partial charge in [0.25, 0.3) is 0 Å². The Bertz CT molecular complexity index is 457. The Hall–Kier alpha value is -1.33. The van der Waals surface area contributed by atoms with E-state index in [1.165, 1.54) is 45.7 Å². The van der Waals surface area contributed by atoms with Gasteiger partial charge in [-0.1, -0.05) is 0 Å². The van der Waals surface area contributed by atoms with Gasteiger partial charge in [-0.15, -0.1) is 0 Å². The van der Waals surface area contributed by atoms with Crippen molar-refractivity contribution in [2.45, 2.75) is 37.9 Å². The van der Waals surface area contributed by atoms with Crippen LogP contribution in [0.5, 0.6) is 0 Å². The Balaban J connectivity index is 1.54. The van der Waals surface area contributed by atoms with Gasteiger partial charge in [0.1, 0.15) is 12.0 Å². The number of esters is 1. The van der Waals surface area contributed by atoms with E-state index in [1.54, 1.807) is 6.07 Å². The van der Waals surface area contributed by atoms with Crippen LogP contribution >= 0.6 is 0 Å². The first-order valence-corrected chi connectivity index (χ1v) is 6.91. The molecule has 0 aromatic carbocycles. The number of fused-ring (bicyclic) bond motifs is 1. The average Bonchev–Trinajstić information content (AvgIpc) is 3.12. The van der Waals surface area contributed by atoms with Gasteiger partial charge in [0.15, 0.2) is 0 Å². The summed E-state index contributed by atoms with van der Waals surface area (Å²) in [5.41, 5.74) is 0.480. The Kier molecular flexibility index (Phi) is 3.57. The maximum absolute atomic E-state index is 11.3. The van der Waals surface area contributed by atoms with E-state index >= 15 is 0 Å². The van der Waals surface area contributed by atoms with Crippen molar-refractivity contribution < 1.29 is 13.9 Å². The van der Waals surface area contributed by atoms with Crippen LogP contribution in [0.15, 0.2) is 16.7 Å². The van der Waals surface area contributed by atoms with Gasteiger partial charge < -0.3 is 14.5 Å². The molecule has 0 spiro atoms. The number of carbonyl (C=O) groups is 1. The number of nitrogens with zero attached hydrogens (tertiary/aromatic N) is 1. The van der Waals surface area contributed by atoms with Crippen molar-refractivity contribution in [3.05, 3.63) is 23.7 Å². The molecule has 3 rings (SSSR count). The molecule has 1 aromatic heterocycles. The molecular weight excluding hydrogens is 244 g/mol. The van der Waals surface area contributed by atoms with Crippen LogP contribution in [-0.4, -0.2) is 43.2 Å². The molecule has 2 unspecified atom stereocenters. The van der Waals surface area contributed by atoms with Crippen molar-refractivity contribution >= 4 is 5.97 Å². The van der Waals surface area contributed by atoms with Gasteiger partial charge in [-0.3, -0.25) is 4.90 Å². The van der Waals surface area contributed by atoms with E-state index < -0.39 is 0 Å². The second-order valence-electron chi connectivity index (χ2n) is 5.31. The minimum absolute atomic E-state index is 0.349. The zero-order valence-electron chi connectivity index (χ0n) is 11.2. The summed E-state index contributed by atoms with van der Waals surface area (Å²) in [7, 11) is 1.38. The van der Waals surface area contributed by atoms with Gasteiger partial charge in [0.2, 0.25) is 0 Å². The molecule has 3 heterocycles. The monoisotopic (exact) mass is 264 g/mol. The third-order valence-electron chi connectivity index (χ3n) is 4.22. The molecule has 2 saturated heterocycles. The van der Waals surface area contributed by atoms with Crippen LogP contribution in [0, 0.1) is 0 Å². The fourth-order valence-corrected chi connectivity index (χ4v) is 3.25. The lowest BCUT2D eigenvalue weighted by atomic mass is 10.1. The number of furan rings is 1. The summed E-state index contributed by atoms with van der Waals surface area (Å²) in [4.78, 5) is 13.9. The second kappa shape index (κ2) is 5.35. The number of nitrogens with one attached hydrogen (secondary N) is 1. The summed E-state index contributed by atoms with van der Waals surface area (Å²) in [6, 6.07) is 2.99. The summed E-state index contributed by atoms with van der Waals surface area (Å²) in [6.07, 6.45) is 5.27. The zero-order valence-corrected chi connectivity index (χ0v) is 11.2. The van der Waals surface area contributed by atoms with Crippen molar-refractivity contribution in [2.75, 3.05) is 20.2 Å². The molecule has 1 aromatic rings. The molecule has 2 aliphatic heterocycles. The van der Waals surface area contributed by atoms with E-state index in [-0.39, 0.29) is 5.97 Å². The quantitative estimate of drug-likeness (QED) is 0.833. The Morgan fingerprint density at radius 3 is 3.26 bits per heavy atom. The Labute approximate surface area is 112 Å². The minimum Gasteiger partial charge on any atom is -0.467 e. The highest BCUT2D eigenvalue weighted by atomic mass is 16.5. The van der Waals surface area contributed by atoms with Crippen LogP contribution in [0.3, 0.4) is 0 Å². The van der Waals surface area contributed by atoms with Crippen LogP contribution in [0.2, 0.25) is 0 Å². The third kappa shape index (κ3) is 2.53. The summed E-state index contributed by atoms with van der Waals surface area (Å²) >= 11 is 0. The summed E-state index contributed by atoms with van der Waals surface area (Å²) in [6.45, 7) is 3.12. The maximum Gasteiger partial charge on any atom is 0.341 e. The van der Waals surface area contributed by atoms with Gasteiger partial charge in [-0.2, -0.15) is 0 Å². The molecule has 0 aliphatic carbocycles. The van der Waals surface area contributed by atoms with E-state index in [1.807, 2.05) is 0 Å². The van der Waals surface area contributed by atoms with E-state index in [9.17, 15) is 4.79 Å². The van der Waals surface area contributed by atoms with Gasteiger partial charge in [-0.05, 0) is 31.9 Å². The first-order valence-electron chi connectivity index (χ1n) is 6.91. The van der Waals surface area contributed by atoms with Crippen LogP contribution in [0.4, 0.5) is 0 Å². The lowest BCUT2D eigenvalue weighted by Crippen LogP contribution is -2.38. The van der Waals surface area contributed by atoms with E-state index in [0.29, 0.717) is 24.2 Å². The van der Waals surface area contributed by atoms with Crippen molar-refractivity contribution in [1.82, 2.24) is 10.2 Å². The number of methoxy groups -OCH3 is 1. The normalized spacial score (nSPS) is 26.6. The summed E-state index contributed by atoms with van der Waals surface area (Å²) in [5, 5.41) is 3.55. The highest BCUT2D eigenvalue weighted by Crippen LogP contribution is 2.28. The first-order chi connectivity index (χ1) is 9.28. The lowest BCUT2D eigenvalue weighted by molar-refractivity contribution is 0.0600. The molecule has 19 heavy (non-hydrogen) atoms. The largest absolute Gasteiger partial charge is 0.467 e. The van der Waals surface area contributed by atoms with Crippen LogP contribution in [-0.2, 0) is 11.3 Å². The molecule has 0 bridgehead atoms. The number of rotatable bonds is 4. The SMILES string of the molecule is COC(=O)c1coc(CNC2CCN3CCCC23)c1. The predicted molar refractivity (Wildman–Crippen MR) is 69.9 cm³/mol. The standard InChI is InChI=1S/C14H20N2O3/c1-18-14(17)10-7-11(19-9-10)8-15-12-4-6-16-5-2-3-13(12)16/h7,9,12-13,15H,2-6,8H2,1H3. The number of carbonyl (C=O) groups excluding carboxylic acids is 1. The molecule has 1 N–H and O–H groups in total.